The molecule has 0 aliphatic rings. The van der Waals surface area contributed by atoms with E-state index in [9.17, 15) is 0 Å². The number of nitrogens with zero attached hydrogens (tertiary/aromatic N) is 3. The molecule has 0 unspecified atom stereocenters. The SMILES string of the molecule is CC(C)Oc1ncccc1CNCc1cnn(C)c1. The molecule has 2 heterocycles. The minimum Gasteiger partial charge on any atom is -0.475 e. The van der Waals surface area contributed by atoms with Crippen LogP contribution in [0.2, 0.25) is 0 Å². The first-order valence-electron chi connectivity index (χ1n) is 6.44. The Hall–Kier alpha value is -1.88. The van der Waals surface area contributed by atoms with Gasteiger partial charge in [0.2, 0.25) is 5.88 Å². The molecule has 5 nitrogen and oxygen atoms in total. The molecule has 19 heavy (non-hydrogen) atoms. The summed E-state index contributed by atoms with van der Waals surface area (Å²) in [6.07, 6.45) is 5.75. The lowest BCUT2D eigenvalue weighted by atomic mass is 10.2. The zero-order chi connectivity index (χ0) is 13.7. The van der Waals surface area contributed by atoms with Crippen molar-refractivity contribution in [2.75, 3.05) is 0 Å². The first-order chi connectivity index (χ1) is 9.15. The lowest BCUT2D eigenvalue weighted by Gasteiger charge is -2.13. The summed E-state index contributed by atoms with van der Waals surface area (Å²) in [5.41, 5.74) is 2.23. The average molecular weight is 260 g/mol. The Morgan fingerprint density at radius 2 is 2.21 bits per heavy atom. The van der Waals surface area contributed by atoms with E-state index in [-0.39, 0.29) is 6.10 Å². The number of aromatic nitrogens is 3. The number of hydrogen-bond acceptors (Lipinski definition) is 4. The van der Waals surface area contributed by atoms with E-state index in [2.05, 4.69) is 15.4 Å². The van der Waals surface area contributed by atoms with Crippen molar-refractivity contribution in [1.82, 2.24) is 20.1 Å². The van der Waals surface area contributed by atoms with Gasteiger partial charge in [0.05, 0.1) is 12.3 Å². The minimum atomic E-state index is 0.131. The van der Waals surface area contributed by atoms with Gasteiger partial charge < -0.3 is 10.1 Å². The molecule has 0 spiro atoms. The van der Waals surface area contributed by atoms with Crippen molar-refractivity contribution in [3.63, 3.8) is 0 Å². The molecule has 0 aliphatic carbocycles. The lowest BCUT2D eigenvalue weighted by Crippen LogP contribution is -2.15. The molecular weight excluding hydrogens is 240 g/mol. The van der Waals surface area contributed by atoms with Crippen molar-refractivity contribution in [3.05, 3.63) is 41.9 Å². The first kappa shape index (κ1) is 13.5. The number of aryl methyl sites for hydroxylation is 1. The molecule has 102 valence electrons. The third-order valence-corrected chi connectivity index (χ3v) is 2.60. The second-order valence-corrected chi connectivity index (χ2v) is 4.76. The summed E-state index contributed by atoms with van der Waals surface area (Å²) in [5.74, 6) is 0.705. The predicted molar refractivity (Wildman–Crippen MR) is 73.8 cm³/mol. The fourth-order valence-corrected chi connectivity index (χ4v) is 1.79. The highest BCUT2D eigenvalue weighted by molar-refractivity contribution is 5.25. The van der Waals surface area contributed by atoms with Crippen LogP contribution in [-0.4, -0.2) is 20.9 Å². The zero-order valence-electron chi connectivity index (χ0n) is 11.6. The van der Waals surface area contributed by atoms with Crippen molar-refractivity contribution < 1.29 is 4.74 Å². The number of rotatable bonds is 6. The van der Waals surface area contributed by atoms with E-state index in [0.717, 1.165) is 24.2 Å². The third-order valence-electron chi connectivity index (χ3n) is 2.60. The van der Waals surface area contributed by atoms with Crippen LogP contribution in [0.1, 0.15) is 25.0 Å². The maximum absolute atomic E-state index is 5.68. The number of ether oxygens (including phenoxy) is 1. The van der Waals surface area contributed by atoms with Gasteiger partial charge in [-0.2, -0.15) is 5.10 Å². The van der Waals surface area contributed by atoms with E-state index in [1.54, 1.807) is 10.9 Å². The molecule has 0 radical (unpaired) electrons. The topological polar surface area (TPSA) is 52.0 Å². The van der Waals surface area contributed by atoms with Crippen LogP contribution in [0.15, 0.2) is 30.7 Å². The lowest BCUT2D eigenvalue weighted by molar-refractivity contribution is 0.229. The van der Waals surface area contributed by atoms with E-state index >= 15 is 0 Å². The molecule has 0 aliphatic heterocycles. The van der Waals surface area contributed by atoms with Crippen LogP contribution in [0.5, 0.6) is 5.88 Å². The van der Waals surface area contributed by atoms with Gasteiger partial charge in [0.1, 0.15) is 0 Å². The molecule has 1 N–H and O–H groups in total. The Kier molecular flexibility index (Phi) is 4.52. The van der Waals surface area contributed by atoms with E-state index in [1.165, 1.54) is 0 Å². The Morgan fingerprint density at radius 1 is 1.37 bits per heavy atom. The maximum atomic E-state index is 5.68. The van der Waals surface area contributed by atoms with E-state index in [1.807, 2.05) is 45.4 Å². The van der Waals surface area contributed by atoms with Crippen LogP contribution in [0.3, 0.4) is 0 Å². The monoisotopic (exact) mass is 260 g/mol. The van der Waals surface area contributed by atoms with E-state index in [4.69, 9.17) is 4.74 Å². The van der Waals surface area contributed by atoms with E-state index in [0.29, 0.717) is 5.88 Å². The zero-order valence-corrected chi connectivity index (χ0v) is 11.6. The van der Waals surface area contributed by atoms with Crippen LogP contribution in [0, 0.1) is 0 Å². The maximum Gasteiger partial charge on any atom is 0.218 e. The Morgan fingerprint density at radius 3 is 2.89 bits per heavy atom. The van der Waals surface area contributed by atoms with Crippen molar-refractivity contribution in [1.29, 1.82) is 0 Å². The second-order valence-electron chi connectivity index (χ2n) is 4.76. The Bertz CT molecular complexity index is 522. The smallest absolute Gasteiger partial charge is 0.218 e. The van der Waals surface area contributed by atoms with Crippen LogP contribution in [-0.2, 0) is 20.1 Å². The molecule has 0 saturated heterocycles. The van der Waals surface area contributed by atoms with Gasteiger partial charge in [0.25, 0.3) is 0 Å². The predicted octanol–water partition coefficient (Wildman–Crippen LogP) is 1.89. The molecule has 2 aromatic rings. The van der Waals surface area contributed by atoms with Crippen molar-refractivity contribution >= 4 is 0 Å². The molecule has 0 fully saturated rings. The summed E-state index contributed by atoms with van der Waals surface area (Å²) >= 11 is 0. The molecule has 0 bridgehead atoms. The molecule has 0 atom stereocenters. The van der Waals surface area contributed by atoms with Gasteiger partial charge in [-0.05, 0) is 19.9 Å². The highest BCUT2D eigenvalue weighted by Crippen LogP contribution is 2.15. The standard InChI is InChI=1S/C14H20N4O/c1-11(2)19-14-13(5-4-6-16-14)9-15-7-12-8-17-18(3)10-12/h4-6,8,10-11,15H,7,9H2,1-3H3. The molecule has 5 heteroatoms. The summed E-state index contributed by atoms with van der Waals surface area (Å²) in [5, 5.41) is 7.51. The van der Waals surface area contributed by atoms with Crippen LogP contribution in [0.25, 0.3) is 0 Å². The summed E-state index contributed by atoms with van der Waals surface area (Å²) < 4.78 is 7.48. The molecular formula is C14H20N4O. The summed E-state index contributed by atoms with van der Waals surface area (Å²) in [6.45, 7) is 5.51. The van der Waals surface area contributed by atoms with Crippen molar-refractivity contribution in [2.24, 2.45) is 7.05 Å². The number of hydrogen-bond donors (Lipinski definition) is 1. The summed E-state index contributed by atoms with van der Waals surface area (Å²) in [4.78, 5) is 4.27. The molecule has 2 rings (SSSR count). The molecule has 2 aromatic heterocycles. The summed E-state index contributed by atoms with van der Waals surface area (Å²) in [6, 6.07) is 3.95. The van der Waals surface area contributed by atoms with Gasteiger partial charge in [-0.15, -0.1) is 0 Å². The van der Waals surface area contributed by atoms with Gasteiger partial charge in [0.15, 0.2) is 0 Å². The molecule has 0 amide bonds. The number of pyridine rings is 1. The largest absolute Gasteiger partial charge is 0.475 e. The van der Waals surface area contributed by atoms with E-state index < -0.39 is 0 Å². The number of nitrogens with one attached hydrogen (secondary N) is 1. The van der Waals surface area contributed by atoms with Crippen LogP contribution in [0.4, 0.5) is 0 Å². The van der Waals surface area contributed by atoms with Gasteiger partial charge in [-0.1, -0.05) is 6.07 Å². The molecule has 0 saturated carbocycles. The molecule has 0 aromatic carbocycles. The van der Waals surface area contributed by atoms with Gasteiger partial charge in [-0.3, -0.25) is 4.68 Å². The highest BCUT2D eigenvalue weighted by atomic mass is 16.5. The fourth-order valence-electron chi connectivity index (χ4n) is 1.79. The third kappa shape index (κ3) is 4.06. The highest BCUT2D eigenvalue weighted by Gasteiger charge is 2.06. The first-order valence-corrected chi connectivity index (χ1v) is 6.44. The normalized spacial score (nSPS) is 10.9. The average Bonchev–Trinajstić information content (AvgIpc) is 2.77. The van der Waals surface area contributed by atoms with Crippen molar-refractivity contribution in [2.45, 2.75) is 33.0 Å². The van der Waals surface area contributed by atoms with Gasteiger partial charge in [-0.25, -0.2) is 4.98 Å². The fraction of sp³-hybridized carbons (Fsp3) is 0.429. The Balaban J connectivity index is 1.92. The van der Waals surface area contributed by atoms with Gasteiger partial charge >= 0.3 is 0 Å². The van der Waals surface area contributed by atoms with Crippen LogP contribution >= 0.6 is 0 Å². The Labute approximate surface area is 113 Å². The van der Waals surface area contributed by atoms with Crippen molar-refractivity contribution in [3.8, 4) is 5.88 Å². The van der Waals surface area contributed by atoms with Gasteiger partial charge in [0, 0.05) is 43.7 Å². The van der Waals surface area contributed by atoms with Crippen LogP contribution < -0.4 is 10.1 Å². The quantitative estimate of drug-likeness (QED) is 0.861. The minimum absolute atomic E-state index is 0.131. The summed E-state index contributed by atoms with van der Waals surface area (Å²) in [7, 11) is 1.92. The second kappa shape index (κ2) is 6.33.